The van der Waals surface area contributed by atoms with Gasteiger partial charge in [0.1, 0.15) is 0 Å². The van der Waals surface area contributed by atoms with E-state index in [2.05, 4.69) is 32.4 Å². The molecule has 0 radical (unpaired) electrons. The second-order valence-electron chi connectivity index (χ2n) is 15.8. The summed E-state index contributed by atoms with van der Waals surface area (Å²) in [5.74, 6) is 1.03. The van der Waals surface area contributed by atoms with E-state index in [1.165, 1.54) is 212 Å². The van der Waals surface area contributed by atoms with Crippen LogP contribution >= 0.6 is 22.5 Å². The number of thiol groups is 1. The standard InChI is InChI=1S/C45H94O3S2Si/c1-4-7-10-13-16-19-22-25-28-31-34-37-41-46-51(45-40-44-50-49,47-42-38-35-32-29-26-23-20-17-14-11-8-5-2)48-43-39-36-33-30-27-24-21-18-15-12-9-6-3/h49H,4-45H2,1-3H3. The Labute approximate surface area is 333 Å². The molecule has 0 bridgehead atoms. The van der Waals surface area contributed by atoms with Crippen molar-refractivity contribution in [2.75, 3.05) is 25.6 Å². The van der Waals surface area contributed by atoms with Gasteiger partial charge in [0, 0.05) is 31.6 Å². The molecule has 0 aliphatic heterocycles. The molecule has 0 fully saturated rings. The largest absolute Gasteiger partial charge is 0.500 e. The molecule has 0 atom stereocenters. The first-order valence-electron chi connectivity index (χ1n) is 23.4. The summed E-state index contributed by atoms with van der Waals surface area (Å²) in [5, 5.41) is 0. The van der Waals surface area contributed by atoms with E-state index in [-0.39, 0.29) is 0 Å². The van der Waals surface area contributed by atoms with E-state index in [0.717, 1.165) is 57.3 Å². The fourth-order valence-electron chi connectivity index (χ4n) is 7.21. The average molecular weight is 775 g/mol. The maximum absolute atomic E-state index is 6.74. The van der Waals surface area contributed by atoms with Gasteiger partial charge in [-0.1, -0.05) is 243 Å². The van der Waals surface area contributed by atoms with Gasteiger partial charge in [0.05, 0.1) is 0 Å². The van der Waals surface area contributed by atoms with Crippen LogP contribution in [-0.4, -0.2) is 34.4 Å². The molecule has 0 aliphatic rings. The molecule has 0 amide bonds. The van der Waals surface area contributed by atoms with Crippen LogP contribution in [0.5, 0.6) is 0 Å². The van der Waals surface area contributed by atoms with E-state index in [1.807, 2.05) is 0 Å². The van der Waals surface area contributed by atoms with Gasteiger partial charge in [-0.3, -0.25) is 0 Å². The lowest BCUT2D eigenvalue weighted by atomic mass is 10.1. The van der Waals surface area contributed by atoms with Gasteiger partial charge in [-0.25, -0.2) is 0 Å². The van der Waals surface area contributed by atoms with Crippen LogP contribution in [0.2, 0.25) is 6.04 Å². The number of hydrogen-bond donors (Lipinski definition) is 1. The SMILES string of the molecule is CCCCCCCCCCCCCCO[Si](CCCSS)(OCCCCCCCCCCCCCC)OCCCCCCCCCCCCCC. The Hall–Kier alpha value is 0.797. The van der Waals surface area contributed by atoms with E-state index in [9.17, 15) is 0 Å². The normalized spacial score (nSPS) is 12.0. The molecule has 0 aromatic carbocycles. The number of hydrogen-bond acceptors (Lipinski definition) is 5. The van der Waals surface area contributed by atoms with Crippen LogP contribution in [0.3, 0.4) is 0 Å². The molecule has 0 aromatic rings. The molecule has 0 spiro atoms. The maximum atomic E-state index is 6.74. The third-order valence-corrected chi connectivity index (χ3v) is 14.6. The number of unbranched alkanes of at least 4 members (excludes halogenated alkanes) is 33. The highest BCUT2D eigenvalue weighted by molar-refractivity contribution is 8.68. The van der Waals surface area contributed by atoms with Crippen LogP contribution in [-0.2, 0) is 13.3 Å². The molecule has 0 heterocycles. The Balaban J connectivity index is 4.53. The Bertz CT molecular complexity index is 552. The highest BCUT2D eigenvalue weighted by atomic mass is 33.1. The van der Waals surface area contributed by atoms with E-state index < -0.39 is 8.80 Å². The molecule has 0 N–H and O–H groups in total. The Kier molecular flexibility index (Phi) is 45.9. The summed E-state index contributed by atoms with van der Waals surface area (Å²) in [5.41, 5.74) is 0. The zero-order chi connectivity index (χ0) is 37.0. The first-order valence-corrected chi connectivity index (χ1v) is 27.4. The third-order valence-electron chi connectivity index (χ3n) is 10.7. The molecule has 0 saturated carbocycles. The van der Waals surface area contributed by atoms with Crippen molar-refractivity contribution in [2.24, 2.45) is 0 Å². The van der Waals surface area contributed by atoms with E-state index >= 15 is 0 Å². The average Bonchev–Trinajstić information content (AvgIpc) is 3.14. The van der Waals surface area contributed by atoms with Gasteiger partial charge in [-0.05, 0) is 25.7 Å². The molecule has 308 valence electrons. The molecule has 0 aromatic heterocycles. The van der Waals surface area contributed by atoms with Gasteiger partial charge in [0.25, 0.3) is 0 Å². The van der Waals surface area contributed by atoms with Crippen LogP contribution in [0.4, 0.5) is 0 Å². The summed E-state index contributed by atoms with van der Waals surface area (Å²) in [6.45, 7) is 9.31. The Morgan fingerprint density at radius 3 is 0.745 bits per heavy atom. The van der Waals surface area contributed by atoms with Gasteiger partial charge >= 0.3 is 8.80 Å². The van der Waals surface area contributed by atoms with Crippen molar-refractivity contribution in [2.45, 2.75) is 264 Å². The molecule has 0 saturated heterocycles. The highest BCUT2D eigenvalue weighted by Crippen LogP contribution is 2.24. The fraction of sp³-hybridized carbons (Fsp3) is 1.00. The molecule has 6 heteroatoms. The minimum Gasteiger partial charge on any atom is -0.373 e. The van der Waals surface area contributed by atoms with Crippen LogP contribution in [0.1, 0.15) is 258 Å². The smallest absolute Gasteiger partial charge is 0.373 e. The maximum Gasteiger partial charge on any atom is 0.500 e. The second-order valence-corrected chi connectivity index (χ2v) is 20.0. The van der Waals surface area contributed by atoms with Crippen molar-refractivity contribution in [3.63, 3.8) is 0 Å². The lowest BCUT2D eigenvalue weighted by Gasteiger charge is -2.30. The molecule has 3 nitrogen and oxygen atoms in total. The Morgan fingerprint density at radius 1 is 0.314 bits per heavy atom. The Morgan fingerprint density at radius 2 is 0.529 bits per heavy atom. The molecule has 0 rings (SSSR count). The molecule has 51 heavy (non-hydrogen) atoms. The summed E-state index contributed by atoms with van der Waals surface area (Å²) >= 11 is 4.43. The minimum atomic E-state index is -2.68. The molecule has 0 aliphatic carbocycles. The van der Waals surface area contributed by atoms with Crippen molar-refractivity contribution in [1.82, 2.24) is 0 Å². The van der Waals surface area contributed by atoms with Crippen molar-refractivity contribution in [1.29, 1.82) is 0 Å². The van der Waals surface area contributed by atoms with E-state index in [4.69, 9.17) is 13.3 Å². The zero-order valence-electron chi connectivity index (χ0n) is 35.3. The minimum absolute atomic E-state index is 0.800. The van der Waals surface area contributed by atoms with Gasteiger partial charge < -0.3 is 13.3 Å². The topological polar surface area (TPSA) is 27.7 Å². The van der Waals surface area contributed by atoms with Crippen molar-refractivity contribution >= 4 is 31.3 Å². The van der Waals surface area contributed by atoms with Crippen molar-refractivity contribution in [3.05, 3.63) is 0 Å². The highest BCUT2D eigenvalue weighted by Gasteiger charge is 2.40. The molecular formula is C45H94O3S2Si. The monoisotopic (exact) mass is 775 g/mol. The van der Waals surface area contributed by atoms with Crippen LogP contribution < -0.4 is 0 Å². The van der Waals surface area contributed by atoms with Gasteiger partial charge in [-0.15, -0.1) is 11.7 Å². The predicted molar refractivity (Wildman–Crippen MR) is 238 cm³/mol. The summed E-state index contributed by atoms with van der Waals surface area (Å²) in [6.07, 6.45) is 50.4. The van der Waals surface area contributed by atoms with E-state index in [1.54, 1.807) is 10.8 Å². The quantitative estimate of drug-likeness (QED) is 0.0288. The van der Waals surface area contributed by atoms with Crippen LogP contribution in [0, 0.1) is 0 Å². The van der Waals surface area contributed by atoms with Crippen molar-refractivity contribution < 1.29 is 13.3 Å². The summed E-state index contributed by atoms with van der Waals surface area (Å²) in [6, 6.07) is 0.940. The second kappa shape index (κ2) is 45.2. The first kappa shape index (κ1) is 51.8. The van der Waals surface area contributed by atoms with Gasteiger partial charge in [0.15, 0.2) is 0 Å². The first-order chi connectivity index (χ1) is 25.2. The van der Waals surface area contributed by atoms with Gasteiger partial charge in [0.2, 0.25) is 0 Å². The molecule has 0 unspecified atom stereocenters. The number of rotatable bonds is 46. The lowest BCUT2D eigenvalue weighted by molar-refractivity contribution is 0.0551. The fourth-order valence-corrected chi connectivity index (χ4v) is 10.8. The summed E-state index contributed by atoms with van der Waals surface area (Å²) in [7, 11) is -1.05. The van der Waals surface area contributed by atoms with Crippen LogP contribution in [0.15, 0.2) is 0 Å². The van der Waals surface area contributed by atoms with Crippen molar-refractivity contribution in [3.8, 4) is 0 Å². The summed E-state index contributed by atoms with van der Waals surface area (Å²) in [4.78, 5) is 0. The molecular weight excluding hydrogens is 681 g/mol. The zero-order valence-corrected chi connectivity index (χ0v) is 38.0. The predicted octanol–water partition coefficient (Wildman–Crippen LogP) is 17.0. The third kappa shape index (κ3) is 40.3. The lowest BCUT2D eigenvalue weighted by Crippen LogP contribution is -2.46. The van der Waals surface area contributed by atoms with Gasteiger partial charge in [-0.2, -0.15) is 0 Å². The van der Waals surface area contributed by atoms with Crippen LogP contribution in [0.25, 0.3) is 0 Å². The summed E-state index contributed by atoms with van der Waals surface area (Å²) < 4.78 is 20.2. The van der Waals surface area contributed by atoms with E-state index in [0.29, 0.717) is 0 Å².